The predicted molar refractivity (Wildman–Crippen MR) is 173 cm³/mol. The summed E-state index contributed by atoms with van der Waals surface area (Å²) in [6.07, 6.45) is -0.213. The molecule has 254 valence electrons. The van der Waals surface area contributed by atoms with Crippen molar-refractivity contribution >= 4 is 28.6 Å². The summed E-state index contributed by atoms with van der Waals surface area (Å²) in [6.45, 7) is 4.79. The number of benzene rings is 3. The highest BCUT2D eigenvalue weighted by molar-refractivity contribution is 6.08. The molecule has 3 aromatic rings. The average molecular weight is 664 g/mol. The van der Waals surface area contributed by atoms with Crippen molar-refractivity contribution in [2.24, 2.45) is 5.41 Å². The number of fused-ring (bicyclic) bond motifs is 4. The van der Waals surface area contributed by atoms with E-state index in [1.807, 2.05) is 29.2 Å². The molecule has 2 amide bonds. The quantitative estimate of drug-likeness (QED) is 0.346. The summed E-state index contributed by atoms with van der Waals surface area (Å²) in [7, 11) is 0. The van der Waals surface area contributed by atoms with Crippen LogP contribution in [-0.4, -0.2) is 95.6 Å². The molecule has 0 unspecified atom stereocenters. The van der Waals surface area contributed by atoms with E-state index in [2.05, 4.69) is 4.90 Å². The van der Waals surface area contributed by atoms with Crippen LogP contribution in [0, 0.1) is 5.41 Å². The van der Waals surface area contributed by atoms with Gasteiger partial charge in [-0.05, 0) is 85.0 Å². The molecule has 48 heavy (non-hydrogen) atoms. The first-order valence-electron chi connectivity index (χ1n) is 16.8. The van der Waals surface area contributed by atoms with Gasteiger partial charge in [-0.15, -0.1) is 0 Å². The van der Waals surface area contributed by atoms with Gasteiger partial charge in [0.05, 0.1) is 23.2 Å². The Morgan fingerprint density at radius 1 is 0.771 bits per heavy atom. The van der Waals surface area contributed by atoms with Gasteiger partial charge in [0.1, 0.15) is 0 Å². The lowest BCUT2D eigenvalue weighted by atomic mass is 9.66. The third-order valence-electron chi connectivity index (χ3n) is 11.3. The number of carboxylic acid groups (broad SMARTS) is 1. The Kier molecular flexibility index (Phi) is 8.48. The van der Waals surface area contributed by atoms with Gasteiger partial charge in [-0.2, -0.15) is 13.2 Å². The lowest BCUT2D eigenvalue weighted by molar-refractivity contribution is -0.206. The zero-order chi connectivity index (χ0) is 33.7. The highest BCUT2D eigenvalue weighted by Gasteiger charge is 2.54. The summed E-state index contributed by atoms with van der Waals surface area (Å²) in [5.41, 5.74) is 0.289. The zero-order valence-electron chi connectivity index (χ0n) is 26.8. The van der Waals surface area contributed by atoms with Crippen molar-refractivity contribution in [2.45, 2.75) is 56.2 Å². The van der Waals surface area contributed by atoms with E-state index in [1.165, 1.54) is 18.2 Å². The Morgan fingerprint density at radius 2 is 1.40 bits per heavy atom. The molecule has 1 aliphatic carbocycles. The molecular formula is C37H40F3N3O5. The number of rotatable bonds is 6. The SMILES string of the molecule is O=C(c1ccc(C2CCN(C(=O)c3cccc4c(C(F)(F)F)cccc34)CC2)cc1)N1CCN(CC23CCC(C(=O)O)(CC2)CO3)CC1. The lowest BCUT2D eigenvalue weighted by Crippen LogP contribution is -2.60. The van der Waals surface area contributed by atoms with Crippen LogP contribution in [0.15, 0.2) is 60.7 Å². The first kappa shape index (κ1) is 32.6. The number of alkyl halides is 3. The third-order valence-corrected chi connectivity index (χ3v) is 11.3. The van der Waals surface area contributed by atoms with Gasteiger partial charge in [-0.3, -0.25) is 19.3 Å². The fourth-order valence-electron chi connectivity index (χ4n) is 8.17. The molecule has 0 radical (unpaired) electrons. The zero-order valence-corrected chi connectivity index (χ0v) is 26.8. The molecule has 8 rings (SSSR count). The number of carbonyl (C=O) groups excluding carboxylic acids is 2. The minimum Gasteiger partial charge on any atom is -0.481 e. The van der Waals surface area contributed by atoms with E-state index in [4.69, 9.17) is 4.74 Å². The van der Waals surface area contributed by atoms with E-state index < -0.39 is 23.1 Å². The minimum atomic E-state index is -4.50. The summed E-state index contributed by atoms with van der Waals surface area (Å²) in [4.78, 5) is 44.5. The maximum Gasteiger partial charge on any atom is 0.417 e. The molecule has 8 nitrogen and oxygen atoms in total. The fraction of sp³-hybridized carbons (Fsp3) is 0.486. The van der Waals surface area contributed by atoms with Crippen molar-refractivity contribution in [1.82, 2.24) is 14.7 Å². The van der Waals surface area contributed by atoms with Gasteiger partial charge in [0, 0.05) is 56.9 Å². The van der Waals surface area contributed by atoms with Crippen LogP contribution in [0.25, 0.3) is 10.8 Å². The van der Waals surface area contributed by atoms with Crippen LogP contribution < -0.4 is 0 Å². The molecule has 0 aromatic heterocycles. The maximum absolute atomic E-state index is 13.6. The smallest absolute Gasteiger partial charge is 0.417 e. The predicted octanol–water partition coefficient (Wildman–Crippen LogP) is 6.05. The van der Waals surface area contributed by atoms with Crippen LogP contribution in [-0.2, 0) is 15.7 Å². The monoisotopic (exact) mass is 663 g/mol. The number of piperazine rings is 1. The standard InChI is InChI=1S/C37H40F3N3O5/c38-37(39,40)31-6-2-3-28-29(31)4-1-5-30(28)33(45)42-17-11-26(12-18-42)25-7-9-27(10-8-25)32(44)43-21-19-41(20-22-43)23-36-15-13-35(14-16-36,24-48-36)34(46)47/h1-10,26H,11-24H2,(H,46,47). The molecule has 3 aromatic carbocycles. The van der Waals surface area contributed by atoms with Gasteiger partial charge >= 0.3 is 12.1 Å². The normalized spacial score (nSPS) is 25.4. The van der Waals surface area contributed by atoms with Crippen LogP contribution in [0.3, 0.4) is 0 Å². The molecule has 0 spiro atoms. The molecule has 4 heterocycles. The third kappa shape index (κ3) is 6.07. The Bertz CT molecular complexity index is 1680. The van der Waals surface area contributed by atoms with Gasteiger partial charge in [0.2, 0.25) is 0 Å². The van der Waals surface area contributed by atoms with Gasteiger partial charge in [0.15, 0.2) is 0 Å². The number of likely N-dealkylation sites (tertiary alicyclic amines) is 1. The number of hydrogen-bond donors (Lipinski definition) is 1. The highest BCUT2D eigenvalue weighted by Crippen LogP contribution is 2.49. The Balaban J connectivity index is 0.911. The Morgan fingerprint density at radius 3 is 2.00 bits per heavy atom. The molecule has 5 aliphatic rings. The van der Waals surface area contributed by atoms with Crippen molar-refractivity contribution in [1.29, 1.82) is 0 Å². The summed E-state index contributed by atoms with van der Waals surface area (Å²) in [6, 6.07) is 16.2. The lowest BCUT2D eigenvalue weighted by Gasteiger charge is -2.53. The first-order chi connectivity index (χ1) is 23.0. The van der Waals surface area contributed by atoms with Crippen LogP contribution in [0.2, 0.25) is 0 Å². The number of carboxylic acids is 1. The van der Waals surface area contributed by atoms with Crippen molar-refractivity contribution in [3.05, 3.63) is 82.9 Å². The summed E-state index contributed by atoms with van der Waals surface area (Å²) >= 11 is 0. The number of aliphatic carboxylic acids is 1. The van der Waals surface area contributed by atoms with Gasteiger partial charge < -0.3 is 19.6 Å². The van der Waals surface area contributed by atoms with Crippen LogP contribution in [0.4, 0.5) is 13.2 Å². The van der Waals surface area contributed by atoms with E-state index in [1.54, 1.807) is 17.0 Å². The number of carbonyl (C=O) groups is 3. The summed E-state index contributed by atoms with van der Waals surface area (Å²) in [5, 5.41) is 9.96. The van der Waals surface area contributed by atoms with Gasteiger partial charge in [0.25, 0.3) is 11.8 Å². The highest BCUT2D eigenvalue weighted by atomic mass is 19.4. The average Bonchev–Trinajstić information content (AvgIpc) is 3.11. The van der Waals surface area contributed by atoms with E-state index in [-0.39, 0.29) is 40.9 Å². The van der Waals surface area contributed by atoms with Gasteiger partial charge in [-0.1, -0.05) is 36.4 Å². The van der Waals surface area contributed by atoms with Crippen LogP contribution in [0.1, 0.15) is 76.3 Å². The molecule has 5 fully saturated rings. The van der Waals surface area contributed by atoms with E-state index >= 15 is 0 Å². The maximum atomic E-state index is 13.6. The second-order valence-corrected chi connectivity index (χ2v) is 14.0. The number of nitrogens with zero attached hydrogens (tertiary/aromatic N) is 3. The second-order valence-electron chi connectivity index (χ2n) is 14.0. The summed E-state index contributed by atoms with van der Waals surface area (Å²) in [5.74, 6) is -0.792. The molecule has 11 heteroatoms. The van der Waals surface area contributed by atoms with Crippen molar-refractivity contribution in [2.75, 3.05) is 52.4 Å². The number of hydrogen-bond acceptors (Lipinski definition) is 5. The van der Waals surface area contributed by atoms with Crippen molar-refractivity contribution in [3.63, 3.8) is 0 Å². The Hall–Kier alpha value is -3.96. The second kappa shape index (κ2) is 12.5. The number of amides is 2. The van der Waals surface area contributed by atoms with Gasteiger partial charge in [-0.25, -0.2) is 0 Å². The van der Waals surface area contributed by atoms with E-state index in [0.717, 1.165) is 56.9 Å². The first-order valence-corrected chi connectivity index (χ1v) is 16.8. The molecular weight excluding hydrogens is 623 g/mol. The number of piperidine rings is 1. The van der Waals surface area contributed by atoms with Crippen LogP contribution >= 0.6 is 0 Å². The molecule has 2 bridgehead atoms. The molecule has 4 aliphatic heterocycles. The van der Waals surface area contributed by atoms with Crippen molar-refractivity contribution in [3.8, 4) is 0 Å². The van der Waals surface area contributed by atoms with Crippen LogP contribution in [0.5, 0.6) is 0 Å². The number of ether oxygens (including phenoxy) is 1. The molecule has 1 saturated carbocycles. The van der Waals surface area contributed by atoms with E-state index in [9.17, 15) is 32.7 Å². The summed E-state index contributed by atoms with van der Waals surface area (Å²) < 4.78 is 46.9. The topological polar surface area (TPSA) is 90.4 Å². The largest absolute Gasteiger partial charge is 0.481 e. The minimum absolute atomic E-state index is 0.00127. The molecule has 4 saturated heterocycles. The molecule has 0 atom stereocenters. The molecule has 1 N–H and O–H groups in total. The van der Waals surface area contributed by atoms with E-state index in [0.29, 0.717) is 50.0 Å². The number of halogens is 3. The Labute approximate surface area is 277 Å². The fourth-order valence-corrected chi connectivity index (χ4v) is 8.17. The van der Waals surface area contributed by atoms with Crippen molar-refractivity contribution < 1.29 is 37.4 Å².